The summed E-state index contributed by atoms with van der Waals surface area (Å²) in [5, 5.41) is 4.55. The van der Waals surface area contributed by atoms with Crippen LogP contribution >= 0.6 is 0 Å². The molecule has 2 aromatic heterocycles. The van der Waals surface area contributed by atoms with Gasteiger partial charge in [-0.3, -0.25) is 9.48 Å². The van der Waals surface area contributed by atoms with E-state index in [0.717, 1.165) is 29.5 Å². The lowest BCUT2D eigenvalue weighted by Gasteiger charge is -2.12. The fourth-order valence-electron chi connectivity index (χ4n) is 2.98. The molecule has 2 heterocycles. The molecule has 0 fully saturated rings. The van der Waals surface area contributed by atoms with Gasteiger partial charge in [-0.1, -0.05) is 43.7 Å². The van der Waals surface area contributed by atoms with Crippen molar-refractivity contribution in [1.29, 1.82) is 0 Å². The Labute approximate surface area is 142 Å². The number of aryl methyl sites for hydroxylation is 2. The van der Waals surface area contributed by atoms with Gasteiger partial charge in [-0.15, -0.1) is 0 Å². The summed E-state index contributed by atoms with van der Waals surface area (Å²) in [6.45, 7) is 4.27. The summed E-state index contributed by atoms with van der Waals surface area (Å²) in [6, 6.07) is 12.2. The van der Waals surface area contributed by atoms with E-state index in [1.807, 2.05) is 35.3 Å². The van der Waals surface area contributed by atoms with E-state index in [2.05, 4.69) is 37.3 Å². The number of hydrogen-bond acceptors (Lipinski definition) is 2. The van der Waals surface area contributed by atoms with E-state index >= 15 is 0 Å². The molecule has 0 aliphatic rings. The van der Waals surface area contributed by atoms with E-state index in [-0.39, 0.29) is 11.6 Å². The average molecular weight is 321 g/mol. The molecule has 4 nitrogen and oxygen atoms in total. The van der Waals surface area contributed by atoms with Crippen LogP contribution in [0.15, 0.2) is 59.8 Å². The van der Waals surface area contributed by atoms with E-state index in [1.165, 1.54) is 5.56 Å². The van der Waals surface area contributed by atoms with Gasteiger partial charge in [0, 0.05) is 36.6 Å². The van der Waals surface area contributed by atoms with Crippen LogP contribution in [-0.4, -0.2) is 14.3 Å². The maximum absolute atomic E-state index is 11.9. The van der Waals surface area contributed by atoms with Crippen molar-refractivity contribution in [2.45, 2.75) is 32.7 Å². The number of benzene rings is 1. The van der Waals surface area contributed by atoms with Crippen molar-refractivity contribution >= 4 is 0 Å². The molecule has 0 aliphatic carbocycles. The molecule has 0 saturated heterocycles. The Bertz CT molecular complexity index is 877. The Balaban J connectivity index is 1.99. The van der Waals surface area contributed by atoms with Crippen LogP contribution in [0.2, 0.25) is 0 Å². The molecular formula is C20H23N3O. The Morgan fingerprint density at radius 2 is 1.92 bits per heavy atom. The third kappa shape index (κ3) is 3.18. The molecule has 24 heavy (non-hydrogen) atoms. The fraction of sp³-hybridized carbons (Fsp3) is 0.300. The van der Waals surface area contributed by atoms with Gasteiger partial charge in [-0.05, 0) is 24.5 Å². The second-order valence-electron chi connectivity index (χ2n) is 6.21. The normalized spacial score (nSPS) is 12.3. The van der Waals surface area contributed by atoms with Gasteiger partial charge in [-0.25, -0.2) is 0 Å². The van der Waals surface area contributed by atoms with Crippen LogP contribution in [0.3, 0.4) is 0 Å². The summed E-state index contributed by atoms with van der Waals surface area (Å²) in [5.41, 5.74) is 4.49. The highest BCUT2D eigenvalue weighted by atomic mass is 16.1. The molecule has 1 atom stereocenters. The van der Waals surface area contributed by atoms with Crippen molar-refractivity contribution < 1.29 is 0 Å². The maximum Gasteiger partial charge on any atom is 0.250 e. The third-order valence-electron chi connectivity index (χ3n) is 4.42. The second kappa shape index (κ2) is 6.87. The van der Waals surface area contributed by atoms with Crippen LogP contribution in [0.25, 0.3) is 11.1 Å². The molecule has 124 valence electrons. The maximum atomic E-state index is 11.9. The van der Waals surface area contributed by atoms with Gasteiger partial charge in [-0.2, -0.15) is 5.10 Å². The van der Waals surface area contributed by atoms with Crippen LogP contribution in [0.1, 0.15) is 37.4 Å². The van der Waals surface area contributed by atoms with Crippen molar-refractivity contribution in [2.75, 3.05) is 0 Å². The minimum atomic E-state index is 0.0345. The Hall–Kier alpha value is -2.62. The predicted octanol–water partition coefficient (Wildman–Crippen LogP) is 3.81. The van der Waals surface area contributed by atoms with Gasteiger partial charge in [0.05, 0.1) is 12.2 Å². The zero-order valence-electron chi connectivity index (χ0n) is 14.4. The molecule has 0 amide bonds. The lowest BCUT2D eigenvalue weighted by molar-refractivity contribution is 0.565. The molecule has 0 aliphatic heterocycles. The minimum Gasteiger partial charge on any atom is -0.318 e. The van der Waals surface area contributed by atoms with Gasteiger partial charge >= 0.3 is 0 Å². The number of nitrogens with zero attached hydrogens (tertiary/aromatic N) is 3. The number of aromatic nitrogens is 3. The van der Waals surface area contributed by atoms with Crippen molar-refractivity contribution in [2.24, 2.45) is 7.05 Å². The molecule has 0 radical (unpaired) electrons. The number of hydrogen-bond donors (Lipinski definition) is 0. The Morgan fingerprint density at radius 3 is 2.62 bits per heavy atom. The van der Waals surface area contributed by atoms with Crippen LogP contribution in [0.4, 0.5) is 0 Å². The monoisotopic (exact) mass is 321 g/mol. The molecule has 0 bridgehead atoms. The Kier molecular flexibility index (Phi) is 4.65. The molecule has 1 aromatic carbocycles. The van der Waals surface area contributed by atoms with Crippen molar-refractivity contribution in [3.8, 4) is 11.1 Å². The highest BCUT2D eigenvalue weighted by Gasteiger charge is 2.13. The SMILES string of the molecule is CCCc1cc(=O)n(C)cc1-c1cnn(C(C)c2ccccc2)c1. The van der Waals surface area contributed by atoms with E-state index in [9.17, 15) is 4.79 Å². The zero-order valence-corrected chi connectivity index (χ0v) is 14.4. The molecule has 4 heteroatoms. The summed E-state index contributed by atoms with van der Waals surface area (Å²) >= 11 is 0. The first-order chi connectivity index (χ1) is 11.6. The van der Waals surface area contributed by atoms with Gasteiger partial charge in [0.2, 0.25) is 0 Å². The van der Waals surface area contributed by atoms with Crippen LogP contribution < -0.4 is 5.56 Å². The zero-order chi connectivity index (χ0) is 17.1. The molecule has 1 unspecified atom stereocenters. The van der Waals surface area contributed by atoms with Gasteiger partial charge < -0.3 is 4.57 Å². The predicted molar refractivity (Wildman–Crippen MR) is 97.2 cm³/mol. The van der Waals surface area contributed by atoms with Crippen molar-refractivity contribution in [3.05, 3.63) is 76.5 Å². The largest absolute Gasteiger partial charge is 0.318 e. The smallest absolute Gasteiger partial charge is 0.250 e. The summed E-state index contributed by atoms with van der Waals surface area (Å²) in [7, 11) is 1.79. The number of pyridine rings is 1. The van der Waals surface area contributed by atoms with Crippen molar-refractivity contribution in [1.82, 2.24) is 14.3 Å². The summed E-state index contributed by atoms with van der Waals surface area (Å²) < 4.78 is 3.61. The summed E-state index contributed by atoms with van der Waals surface area (Å²) in [4.78, 5) is 11.9. The number of rotatable bonds is 5. The molecular weight excluding hydrogens is 298 g/mol. The van der Waals surface area contributed by atoms with Crippen LogP contribution in [0.5, 0.6) is 0 Å². The van der Waals surface area contributed by atoms with E-state index in [4.69, 9.17) is 0 Å². The minimum absolute atomic E-state index is 0.0345. The fourth-order valence-corrected chi connectivity index (χ4v) is 2.98. The lowest BCUT2D eigenvalue weighted by Crippen LogP contribution is -2.16. The van der Waals surface area contributed by atoms with E-state index in [1.54, 1.807) is 17.7 Å². The molecule has 0 spiro atoms. The highest BCUT2D eigenvalue weighted by molar-refractivity contribution is 5.65. The van der Waals surface area contributed by atoms with Gasteiger partial charge in [0.15, 0.2) is 0 Å². The van der Waals surface area contributed by atoms with E-state index < -0.39 is 0 Å². The van der Waals surface area contributed by atoms with Crippen molar-refractivity contribution in [3.63, 3.8) is 0 Å². The summed E-state index contributed by atoms with van der Waals surface area (Å²) in [5.74, 6) is 0. The topological polar surface area (TPSA) is 39.8 Å². The molecule has 3 aromatic rings. The first-order valence-electron chi connectivity index (χ1n) is 8.39. The van der Waals surface area contributed by atoms with Gasteiger partial charge in [0.25, 0.3) is 5.56 Å². The first kappa shape index (κ1) is 16.2. The van der Waals surface area contributed by atoms with Gasteiger partial charge in [0.1, 0.15) is 0 Å². The molecule has 0 saturated carbocycles. The summed E-state index contributed by atoms with van der Waals surface area (Å²) in [6.07, 6.45) is 7.77. The third-order valence-corrected chi connectivity index (χ3v) is 4.42. The second-order valence-corrected chi connectivity index (χ2v) is 6.21. The average Bonchev–Trinajstić information content (AvgIpc) is 3.08. The van der Waals surface area contributed by atoms with Crippen LogP contribution in [-0.2, 0) is 13.5 Å². The van der Waals surface area contributed by atoms with Crippen LogP contribution in [0, 0.1) is 0 Å². The molecule has 0 N–H and O–H groups in total. The molecule has 3 rings (SSSR count). The highest BCUT2D eigenvalue weighted by Crippen LogP contribution is 2.25. The van der Waals surface area contributed by atoms with E-state index in [0.29, 0.717) is 0 Å². The quantitative estimate of drug-likeness (QED) is 0.717. The lowest BCUT2D eigenvalue weighted by atomic mass is 10.0. The standard InChI is InChI=1S/C20H23N3O/c1-4-8-17-11-20(24)22(3)14-19(17)18-12-21-23(13-18)15(2)16-9-6-5-7-10-16/h5-7,9-15H,4,8H2,1-3H3. The first-order valence-corrected chi connectivity index (χ1v) is 8.39. The Morgan fingerprint density at radius 1 is 1.17 bits per heavy atom.